The van der Waals surface area contributed by atoms with Gasteiger partial charge >= 0.3 is 12.3 Å². The van der Waals surface area contributed by atoms with Crippen molar-refractivity contribution in [3.63, 3.8) is 0 Å². The molecule has 0 unspecified atom stereocenters. The van der Waals surface area contributed by atoms with Gasteiger partial charge in [0.2, 0.25) is 0 Å². The third-order valence-corrected chi connectivity index (χ3v) is 3.53. The van der Waals surface area contributed by atoms with E-state index in [9.17, 15) is 17.6 Å². The van der Waals surface area contributed by atoms with Crippen LogP contribution in [-0.2, 0) is 6.54 Å². The van der Waals surface area contributed by atoms with E-state index in [4.69, 9.17) is 4.74 Å². The normalized spacial score (nSPS) is 12.0. The molecule has 0 aliphatic heterocycles. The third-order valence-electron chi connectivity index (χ3n) is 2.36. The summed E-state index contributed by atoms with van der Waals surface area (Å²) in [5, 5.41) is 2.32. The van der Waals surface area contributed by atoms with Gasteiger partial charge in [0.05, 0.1) is 22.1 Å². The predicted octanol–water partition coefficient (Wildman–Crippen LogP) is 4.60. The first kappa shape index (κ1) is 17.7. The van der Waals surface area contributed by atoms with Crippen molar-refractivity contribution in [2.24, 2.45) is 0 Å². The van der Waals surface area contributed by atoms with Crippen LogP contribution in [0.3, 0.4) is 0 Å². The molecule has 0 aliphatic rings. The van der Waals surface area contributed by atoms with Gasteiger partial charge in [-0.05, 0) is 56.5 Å². The Balaban J connectivity index is 2.66. The molecule has 0 fully saturated rings. The maximum atomic E-state index is 12.7. The second kappa shape index (κ2) is 7.61. The molecule has 1 rings (SSSR count). The van der Waals surface area contributed by atoms with E-state index >= 15 is 0 Å². The lowest BCUT2D eigenvalue weighted by Crippen LogP contribution is -2.38. The maximum absolute atomic E-state index is 12.7. The van der Waals surface area contributed by atoms with Crippen molar-refractivity contribution in [1.82, 2.24) is 5.32 Å². The van der Waals surface area contributed by atoms with Crippen LogP contribution < -0.4 is 10.1 Å². The number of benzene rings is 1. The quantitative estimate of drug-likeness (QED) is 0.648. The second-order valence-corrected chi connectivity index (χ2v) is 5.70. The van der Waals surface area contributed by atoms with Gasteiger partial charge in [-0.1, -0.05) is 0 Å². The highest BCUT2D eigenvalue weighted by molar-refractivity contribution is 9.11. The van der Waals surface area contributed by atoms with Gasteiger partial charge in [0.25, 0.3) is 0 Å². The van der Waals surface area contributed by atoms with Crippen molar-refractivity contribution in [1.29, 1.82) is 0 Å². The molecule has 0 spiro atoms. The van der Waals surface area contributed by atoms with E-state index < -0.39 is 18.9 Å². The molecule has 0 saturated carbocycles. The Morgan fingerprint density at radius 2 is 1.80 bits per heavy atom. The van der Waals surface area contributed by atoms with Crippen LogP contribution in [0, 0.1) is 0 Å². The van der Waals surface area contributed by atoms with Gasteiger partial charge in [0.1, 0.15) is 5.75 Å². The smallest absolute Gasteiger partial charge is 0.319 e. The van der Waals surface area contributed by atoms with Crippen LogP contribution in [0.15, 0.2) is 21.1 Å². The molecule has 0 aromatic heterocycles. The molecular formula is C12H13Br2F4NO. The lowest BCUT2D eigenvalue weighted by molar-refractivity contribution is -0.125. The summed E-state index contributed by atoms with van der Waals surface area (Å²) in [5.41, 5.74) is 0.664. The highest BCUT2D eigenvalue weighted by Crippen LogP contribution is 2.34. The minimum atomic E-state index is -4.03. The number of halogens is 6. The van der Waals surface area contributed by atoms with E-state index in [1.807, 2.05) is 6.92 Å². The summed E-state index contributed by atoms with van der Waals surface area (Å²) in [6.07, 6.45) is -3.67. The minimum absolute atomic E-state index is 0.0475. The van der Waals surface area contributed by atoms with Gasteiger partial charge in [0, 0.05) is 6.54 Å². The van der Waals surface area contributed by atoms with Crippen LogP contribution in [0.2, 0.25) is 0 Å². The van der Waals surface area contributed by atoms with Crippen molar-refractivity contribution in [2.75, 3.05) is 13.2 Å². The zero-order valence-corrected chi connectivity index (χ0v) is 13.7. The summed E-state index contributed by atoms with van der Waals surface area (Å²) in [5.74, 6) is -3.42. The molecule has 0 atom stereocenters. The highest BCUT2D eigenvalue weighted by Gasteiger charge is 2.39. The molecule has 114 valence electrons. The lowest BCUT2D eigenvalue weighted by atomic mass is 10.2. The van der Waals surface area contributed by atoms with E-state index in [0.29, 0.717) is 26.9 Å². The predicted molar refractivity (Wildman–Crippen MR) is 75.7 cm³/mol. The fourth-order valence-corrected chi connectivity index (χ4v) is 2.96. The van der Waals surface area contributed by atoms with Crippen LogP contribution in [-0.4, -0.2) is 25.5 Å². The van der Waals surface area contributed by atoms with Gasteiger partial charge in [-0.2, -0.15) is 8.78 Å². The largest absolute Gasteiger partial charge is 0.492 e. The average molecular weight is 423 g/mol. The molecule has 0 radical (unpaired) electrons. The van der Waals surface area contributed by atoms with Crippen LogP contribution in [0.1, 0.15) is 12.5 Å². The van der Waals surface area contributed by atoms with E-state index in [0.717, 1.165) is 0 Å². The van der Waals surface area contributed by atoms with Gasteiger partial charge in [-0.3, -0.25) is 0 Å². The minimum Gasteiger partial charge on any atom is -0.492 e. The molecule has 0 amide bonds. The second-order valence-electron chi connectivity index (χ2n) is 3.99. The molecule has 8 heteroatoms. The van der Waals surface area contributed by atoms with Gasteiger partial charge < -0.3 is 10.1 Å². The molecule has 1 N–H and O–H groups in total. The number of rotatable bonds is 7. The highest BCUT2D eigenvalue weighted by atomic mass is 79.9. The number of ether oxygens (including phenoxy) is 1. The Morgan fingerprint density at radius 3 is 2.25 bits per heavy atom. The summed E-state index contributed by atoms with van der Waals surface area (Å²) in [6.45, 7) is 1.29. The number of alkyl halides is 4. The molecule has 2 nitrogen and oxygen atoms in total. The fraction of sp³-hybridized carbons (Fsp3) is 0.500. The molecule has 20 heavy (non-hydrogen) atoms. The van der Waals surface area contributed by atoms with Crippen LogP contribution in [0.5, 0.6) is 5.75 Å². The summed E-state index contributed by atoms with van der Waals surface area (Å²) in [4.78, 5) is 0. The third kappa shape index (κ3) is 4.89. The Kier molecular flexibility index (Phi) is 6.74. The fourth-order valence-electron chi connectivity index (χ4n) is 1.45. The molecule has 0 saturated heterocycles. The van der Waals surface area contributed by atoms with E-state index in [-0.39, 0.29) is 6.54 Å². The van der Waals surface area contributed by atoms with Crippen molar-refractivity contribution < 1.29 is 22.3 Å². The van der Waals surface area contributed by atoms with Crippen LogP contribution in [0.4, 0.5) is 17.6 Å². The Hall–Kier alpha value is -0.340. The van der Waals surface area contributed by atoms with E-state index in [2.05, 4.69) is 37.2 Å². The van der Waals surface area contributed by atoms with E-state index in [1.54, 1.807) is 12.1 Å². The zero-order chi connectivity index (χ0) is 15.3. The first-order valence-electron chi connectivity index (χ1n) is 5.75. The van der Waals surface area contributed by atoms with Gasteiger partial charge in [-0.25, -0.2) is 8.78 Å². The molecular weight excluding hydrogens is 410 g/mol. The Morgan fingerprint density at radius 1 is 1.25 bits per heavy atom. The summed E-state index contributed by atoms with van der Waals surface area (Å²) < 4.78 is 56.1. The van der Waals surface area contributed by atoms with Crippen molar-refractivity contribution >= 4 is 31.9 Å². The Labute approximate surface area is 131 Å². The molecule has 0 aliphatic carbocycles. The zero-order valence-electron chi connectivity index (χ0n) is 10.5. The first-order valence-corrected chi connectivity index (χ1v) is 7.34. The molecule has 1 aromatic carbocycles. The van der Waals surface area contributed by atoms with Crippen LogP contribution >= 0.6 is 31.9 Å². The average Bonchev–Trinajstić information content (AvgIpc) is 2.33. The summed E-state index contributed by atoms with van der Waals surface area (Å²) in [6, 6.07) is 3.37. The molecule has 0 bridgehead atoms. The topological polar surface area (TPSA) is 21.3 Å². The van der Waals surface area contributed by atoms with Crippen molar-refractivity contribution in [3.8, 4) is 5.75 Å². The van der Waals surface area contributed by atoms with Crippen LogP contribution in [0.25, 0.3) is 0 Å². The molecule has 1 aromatic rings. The number of hydrogen-bond donors (Lipinski definition) is 1. The standard InChI is InChI=1S/C12H13Br2F4NO/c1-2-20-10-8(13)3-7(4-9(10)14)5-19-6-12(17,18)11(15)16/h3-4,11,19H,2,5-6H2,1H3. The summed E-state index contributed by atoms with van der Waals surface area (Å²) in [7, 11) is 0. The maximum Gasteiger partial charge on any atom is 0.319 e. The SMILES string of the molecule is CCOc1c(Br)cc(CNCC(F)(F)C(F)F)cc1Br. The lowest BCUT2D eigenvalue weighted by Gasteiger charge is -2.16. The Bertz CT molecular complexity index is 434. The molecule has 0 heterocycles. The van der Waals surface area contributed by atoms with Crippen molar-refractivity contribution in [2.45, 2.75) is 25.8 Å². The monoisotopic (exact) mass is 421 g/mol. The van der Waals surface area contributed by atoms with Gasteiger partial charge in [0.15, 0.2) is 0 Å². The summed E-state index contributed by atoms with van der Waals surface area (Å²) >= 11 is 6.61. The first-order chi connectivity index (χ1) is 9.27. The van der Waals surface area contributed by atoms with Crippen molar-refractivity contribution in [3.05, 3.63) is 26.6 Å². The number of hydrogen-bond acceptors (Lipinski definition) is 2. The van der Waals surface area contributed by atoms with E-state index in [1.165, 1.54) is 0 Å². The number of nitrogens with one attached hydrogen (secondary N) is 1. The van der Waals surface area contributed by atoms with Gasteiger partial charge in [-0.15, -0.1) is 0 Å².